The van der Waals surface area contributed by atoms with Gasteiger partial charge in [0, 0.05) is 22.2 Å². The maximum atomic E-state index is 12.5. The number of ketones is 1. The van der Waals surface area contributed by atoms with Crippen LogP contribution in [0.5, 0.6) is 0 Å². The number of benzene rings is 1. The van der Waals surface area contributed by atoms with E-state index in [0.29, 0.717) is 17.7 Å². The minimum Gasteiger partial charge on any atom is -0.456 e. The SMILES string of the molecule is CSCC[C@@H](NC(N)=O)C(=O)OCC(=O)c1c(C)[nH]c2ccccc12. The second-order valence-corrected chi connectivity index (χ2v) is 6.53. The van der Waals surface area contributed by atoms with Gasteiger partial charge in [0.15, 0.2) is 6.61 Å². The zero-order valence-electron chi connectivity index (χ0n) is 14.1. The zero-order chi connectivity index (χ0) is 18.4. The Balaban J connectivity index is 2.05. The van der Waals surface area contributed by atoms with Gasteiger partial charge in [0.1, 0.15) is 6.04 Å². The molecule has 0 aliphatic heterocycles. The number of carbonyl (C=O) groups is 3. The van der Waals surface area contributed by atoms with Gasteiger partial charge in [-0.05, 0) is 31.4 Å². The van der Waals surface area contributed by atoms with Gasteiger partial charge in [-0.15, -0.1) is 0 Å². The number of ether oxygens (including phenoxy) is 1. The van der Waals surface area contributed by atoms with E-state index in [2.05, 4.69) is 10.3 Å². The van der Waals surface area contributed by atoms with Crippen molar-refractivity contribution in [1.29, 1.82) is 0 Å². The third-order valence-electron chi connectivity index (χ3n) is 3.73. The van der Waals surface area contributed by atoms with Crippen molar-refractivity contribution in [3.63, 3.8) is 0 Å². The average Bonchev–Trinajstić information content (AvgIpc) is 2.91. The number of amides is 2. The number of thioether (sulfide) groups is 1. The zero-order valence-corrected chi connectivity index (χ0v) is 14.9. The van der Waals surface area contributed by atoms with Gasteiger partial charge in [0.2, 0.25) is 5.78 Å². The monoisotopic (exact) mass is 363 g/mol. The number of rotatable bonds is 8. The molecule has 25 heavy (non-hydrogen) atoms. The quantitative estimate of drug-likeness (QED) is 0.490. The standard InChI is InChI=1S/C17H21N3O4S/c1-10-15(11-5-3-4-6-12(11)19-10)14(21)9-24-16(22)13(7-8-25-2)20-17(18)23/h3-6,13,19H,7-9H2,1-2H3,(H3,18,20,23)/t13-/m1/s1. The number of hydrogen-bond donors (Lipinski definition) is 3. The molecular formula is C17H21N3O4S. The topological polar surface area (TPSA) is 114 Å². The van der Waals surface area contributed by atoms with Crippen LogP contribution < -0.4 is 11.1 Å². The summed E-state index contributed by atoms with van der Waals surface area (Å²) in [4.78, 5) is 38.8. The molecule has 0 bridgehead atoms. The molecule has 1 heterocycles. The van der Waals surface area contributed by atoms with Gasteiger partial charge in [-0.25, -0.2) is 9.59 Å². The maximum Gasteiger partial charge on any atom is 0.329 e. The molecule has 2 aromatic rings. The Kier molecular flexibility index (Phi) is 6.46. The Morgan fingerprint density at radius 1 is 1.32 bits per heavy atom. The van der Waals surface area contributed by atoms with E-state index in [1.54, 1.807) is 6.92 Å². The fraction of sp³-hybridized carbons (Fsp3) is 0.353. The van der Waals surface area contributed by atoms with E-state index >= 15 is 0 Å². The third-order valence-corrected chi connectivity index (χ3v) is 4.37. The summed E-state index contributed by atoms with van der Waals surface area (Å²) in [6.07, 6.45) is 2.26. The molecule has 0 radical (unpaired) electrons. The van der Waals surface area contributed by atoms with Gasteiger partial charge in [-0.3, -0.25) is 4.79 Å². The molecule has 0 aliphatic carbocycles. The molecule has 1 atom stereocenters. The summed E-state index contributed by atoms with van der Waals surface area (Å²) in [5.74, 6) is -0.320. The van der Waals surface area contributed by atoms with Gasteiger partial charge >= 0.3 is 12.0 Å². The highest BCUT2D eigenvalue weighted by molar-refractivity contribution is 7.98. The van der Waals surface area contributed by atoms with Gasteiger partial charge in [0.25, 0.3) is 0 Å². The lowest BCUT2D eigenvalue weighted by atomic mass is 10.1. The molecule has 0 saturated carbocycles. The summed E-state index contributed by atoms with van der Waals surface area (Å²) in [6, 6.07) is 5.76. The molecule has 2 rings (SSSR count). The Hall–Kier alpha value is -2.48. The van der Waals surface area contributed by atoms with E-state index in [0.717, 1.165) is 16.6 Å². The molecule has 8 heteroatoms. The summed E-state index contributed by atoms with van der Waals surface area (Å²) in [5, 5.41) is 3.13. The van der Waals surface area contributed by atoms with Gasteiger partial charge in [-0.2, -0.15) is 11.8 Å². The number of carbonyl (C=O) groups excluding carboxylic acids is 3. The van der Waals surface area contributed by atoms with Crippen LogP contribution in [0, 0.1) is 6.92 Å². The van der Waals surface area contributed by atoms with E-state index in [-0.39, 0.29) is 5.78 Å². The molecule has 0 fully saturated rings. The number of esters is 1. The van der Waals surface area contributed by atoms with Crippen molar-refractivity contribution < 1.29 is 19.1 Å². The van der Waals surface area contributed by atoms with Gasteiger partial charge in [-0.1, -0.05) is 18.2 Å². The minimum absolute atomic E-state index is 0.300. The lowest BCUT2D eigenvalue weighted by molar-refractivity contribution is -0.144. The first-order chi connectivity index (χ1) is 11.9. The predicted molar refractivity (Wildman–Crippen MR) is 97.8 cm³/mol. The van der Waals surface area contributed by atoms with Crippen molar-refractivity contribution in [2.24, 2.45) is 5.73 Å². The van der Waals surface area contributed by atoms with E-state index in [9.17, 15) is 14.4 Å². The first-order valence-corrected chi connectivity index (χ1v) is 9.15. The highest BCUT2D eigenvalue weighted by atomic mass is 32.2. The van der Waals surface area contributed by atoms with Crippen molar-refractivity contribution in [3.05, 3.63) is 35.5 Å². The number of urea groups is 1. The number of fused-ring (bicyclic) bond motifs is 1. The normalized spacial score (nSPS) is 11.9. The lowest BCUT2D eigenvalue weighted by Crippen LogP contribution is -2.45. The van der Waals surface area contributed by atoms with E-state index in [1.807, 2.05) is 30.5 Å². The number of aryl methyl sites for hydroxylation is 1. The number of para-hydroxylation sites is 1. The van der Waals surface area contributed by atoms with Gasteiger partial charge in [0.05, 0.1) is 0 Å². The van der Waals surface area contributed by atoms with E-state index in [4.69, 9.17) is 10.5 Å². The van der Waals surface area contributed by atoms with Crippen molar-refractivity contribution in [2.75, 3.05) is 18.6 Å². The molecule has 2 amide bonds. The fourth-order valence-corrected chi connectivity index (χ4v) is 3.07. The summed E-state index contributed by atoms with van der Waals surface area (Å²) in [6.45, 7) is 1.41. The van der Waals surface area contributed by atoms with Crippen LogP contribution in [0.25, 0.3) is 10.9 Å². The molecule has 1 aromatic carbocycles. The molecule has 0 unspecified atom stereocenters. The van der Waals surface area contributed by atoms with Crippen molar-refractivity contribution in [1.82, 2.24) is 10.3 Å². The van der Waals surface area contributed by atoms with Crippen LogP contribution in [0.2, 0.25) is 0 Å². The number of primary amides is 1. The van der Waals surface area contributed by atoms with Crippen LogP contribution in [-0.4, -0.2) is 47.4 Å². The van der Waals surface area contributed by atoms with Crippen LogP contribution in [0.15, 0.2) is 24.3 Å². The van der Waals surface area contributed by atoms with Crippen LogP contribution in [-0.2, 0) is 9.53 Å². The molecule has 0 aliphatic rings. The van der Waals surface area contributed by atoms with Crippen molar-refractivity contribution in [3.8, 4) is 0 Å². The molecule has 7 nitrogen and oxygen atoms in total. The first kappa shape index (κ1) is 18.9. The molecular weight excluding hydrogens is 342 g/mol. The third kappa shape index (κ3) is 4.76. The summed E-state index contributed by atoms with van der Waals surface area (Å²) < 4.78 is 5.11. The number of nitrogens with two attached hydrogens (primary N) is 1. The van der Waals surface area contributed by atoms with Gasteiger partial charge < -0.3 is 20.8 Å². The number of aromatic amines is 1. The molecule has 4 N–H and O–H groups in total. The van der Waals surface area contributed by atoms with Crippen LogP contribution in [0.1, 0.15) is 22.5 Å². The lowest BCUT2D eigenvalue weighted by Gasteiger charge is -2.15. The number of aromatic nitrogens is 1. The van der Waals surface area contributed by atoms with Crippen LogP contribution >= 0.6 is 11.8 Å². The Bertz CT molecular complexity index is 787. The highest BCUT2D eigenvalue weighted by Gasteiger charge is 2.23. The molecule has 0 spiro atoms. The maximum absolute atomic E-state index is 12.5. The summed E-state index contributed by atoms with van der Waals surface area (Å²) in [5.41, 5.74) is 7.16. The Labute approximate surface area is 149 Å². The largest absolute Gasteiger partial charge is 0.456 e. The number of Topliss-reactive ketones (excluding diaryl/α,β-unsaturated/α-hetero) is 1. The van der Waals surface area contributed by atoms with Crippen molar-refractivity contribution in [2.45, 2.75) is 19.4 Å². The van der Waals surface area contributed by atoms with Crippen molar-refractivity contribution >= 4 is 40.4 Å². The molecule has 134 valence electrons. The van der Waals surface area contributed by atoms with E-state index in [1.165, 1.54) is 11.8 Å². The molecule has 1 aromatic heterocycles. The summed E-state index contributed by atoms with van der Waals surface area (Å²) >= 11 is 1.53. The summed E-state index contributed by atoms with van der Waals surface area (Å²) in [7, 11) is 0. The number of nitrogens with one attached hydrogen (secondary N) is 2. The second kappa shape index (κ2) is 8.57. The first-order valence-electron chi connectivity index (χ1n) is 7.76. The minimum atomic E-state index is -0.859. The molecule has 0 saturated heterocycles. The van der Waals surface area contributed by atoms with E-state index < -0.39 is 24.6 Å². The Morgan fingerprint density at radius 3 is 2.72 bits per heavy atom. The fourth-order valence-electron chi connectivity index (χ4n) is 2.60. The predicted octanol–water partition coefficient (Wildman–Crippen LogP) is 1.99. The van der Waals surface area contributed by atoms with Crippen LogP contribution in [0.4, 0.5) is 4.79 Å². The highest BCUT2D eigenvalue weighted by Crippen LogP contribution is 2.22. The smallest absolute Gasteiger partial charge is 0.329 e. The second-order valence-electron chi connectivity index (χ2n) is 5.54. The number of H-pyrrole nitrogens is 1. The number of hydrogen-bond acceptors (Lipinski definition) is 5. The Morgan fingerprint density at radius 2 is 2.04 bits per heavy atom. The average molecular weight is 363 g/mol. The van der Waals surface area contributed by atoms with Crippen LogP contribution in [0.3, 0.4) is 0 Å².